The SMILES string of the molecule is C[C@@H]1CN(c2ccc(C(F)(F)F)cn2)CC[C@H]1CS(=O)(=O)O. The quantitative estimate of drug-likeness (QED) is 0.857. The summed E-state index contributed by atoms with van der Waals surface area (Å²) in [6.45, 7) is 2.83. The monoisotopic (exact) mass is 338 g/mol. The Kier molecular flexibility index (Phi) is 4.67. The van der Waals surface area contributed by atoms with Gasteiger partial charge in [-0.15, -0.1) is 0 Å². The Morgan fingerprint density at radius 2 is 2.09 bits per heavy atom. The number of pyridine rings is 1. The van der Waals surface area contributed by atoms with E-state index in [1.54, 1.807) is 0 Å². The van der Waals surface area contributed by atoms with Crippen LogP contribution in [-0.4, -0.2) is 36.8 Å². The number of halogens is 3. The van der Waals surface area contributed by atoms with Crippen molar-refractivity contribution in [2.45, 2.75) is 19.5 Å². The van der Waals surface area contributed by atoms with Gasteiger partial charge in [0.15, 0.2) is 0 Å². The van der Waals surface area contributed by atoms with Gasteiger partial charge in [-0.1, -0.05) is 6.92 Å². The maximum absolute atomic E-state index is 12.5. The fraction of sp³-hybridized carbons (Fsp3) is 0.615. The maximum Gasteiger partial charge on any atom is 0.417 e. The minimum Gasteiger partial charge on any atom is -0.356 e. The molecule has 5 nitrogen and oxygen atoms in total. The Morgan fingerprint density at radius 1 is 1.41 bits per heavy atom. The maximum atomic E-state index is 12.5. The first-order valence-electron chi connectivity index (χ1n) is 6.79. The van der Waals surface area contributed by atoms with E-state index >= 15 is 0 Å². The summed E-state index contributed by atoms with van der Waals surface area (Å²) in [7, 11) is -4.02. The normalized spacial score (nSPS) is 23.6. The zero-order valence-electron chi connectivity index (χ0n) is 11.9. The molecule has 2 atom stereocenters. The van der Waals surface area contributed by atoms with Gasteiger partial charge in [0.25, 0.3) is 10.1 Å². The van der Waals surface area contributed by atoms with Crippen LogP contribution in [0.4, 0.5) is 19.0 Å². The summed E-state index contributed by atoms with van der Waals surface area (Å²) in [5.74, 6) is -0.0340. The molecular formula is C13H17F3N2O3S. The first-order valence-corrected chi connectivity index (χ1v) is 8.40. The molecule has 0 bridgehead atoms. The molecule has 1 saturated heterocycles. The average Bonchev–Trinajstić information content (AvgIpc) is 2.39. The van der Waals surface area contributed by atoms with E-state index in [0.29, 0.717) is 25.3 Å². The molecule has 0 aliphatic carbocycles. The molecule has 0 unspecified atom stereocenters. The van der Waals surface area contributed by atoms with Crippen molar-refractivity contribution >= 4 is 15.9 Å². The summed E-state index contributed by atoms with van der Waals surface area (Å²) < 4.78 is 68.3. The van der Waals surface area contributed by atoms with Crippen molar-refractivity contribution in [1.29, 1.82) is 0 Å². The van der Waals surface area contributed by atoms with E-state index in [2.05, 4.69) is 4.98 Å². The van der Waals surface area contributed by atoms with Gasteiger partial charge in [0.2, 0.25) is 0 Å². The highest BCUT2D eigenvalue weighted by Crippen LogP contribution is 2.31. The molecular weight excluding hydrogens is 321 g/mol. The molecule has 1 aromatic heterocycles. The molecule has 2 rings (SSSR count). The van der Waals surface area contributed by atoms with Crippen molar-refractivity contribution in [3.63, 3.8) is 0 Å². The molecule has 1 aliphatic rings. The van der Waals surface area contributed by atoms with Crippen molar-refractivity contribution in [1.82, 2.24) is 4.98 Å². The van der Waals surface area contributed by atoms with Crippen molar-refractivity contribution in [2.75, 3.05) is 23.7 Å². The van der Waals surface area contributed by atoms with Gasteiger partial charge >= 0.3 is 6.18 Å². The minimum absolute atomic E-state index is 0.0141. The first-order chi connectivity index (χ1) is 10.1. The van der Waals surface area contributed by atoms with Crippen LogP contribution in [-0.2, 0) is 16.3 Å². The number of hydrogen-bond acceptors (Lipinski definition) is 4. The van der Waals surface area contributed by atoms with Crippen LogP contribution in [0.5, 0.6) is 0 Å². The molecule has 124 valence electrons. The van der Waals surface area contributed by atoms with E-state index in [0.717, 1.165) is 12.3 Å². The number of alkyl halides is 3. The van der Waals surface area contributed by atoms with Crippen LogP contribution in [0.1, 0.15) is 18.9 Å². The third-order valence-electron chi connectivity index (χ3n) is 3.91. The van der Waals surface area contributed by atoms with Crippen LogP contribution >= 0.6 is 0 Å². The summed E-state index contributed by atoms with van der Waals surface area (Å²) in [5, 5.41) is 0. The van der Waals surface area contributed by atoms with Gasteiger partial charge in [-0.05, 0) is 30.4 Å². The van der Waals surface area contributed by atoms with Gasteiger partial charge in [0.05, 0.1) is 11.3 Å². The Bertz CT molecular complexity index is 616. The molecule has 0 aromatic carbocycles. The predicted molar refractivity (Wildman–Crippen MR) is 75.1 cm³/mol. The fourth-order valence-electron chi connectivity index (χ4n) is 2.66. The predicted octanol–water partition coefficient (Wildman–Crippen LogP) is 2.45. The zero-order chi connectivity index (χ0) is 16.5. The molecule has 0 spiro atoms. The second-order valence-electron chi connectivity index (χ2n) is 5.62. The van der Waals surface area contributed by atoms with Gasteiger partial charge in [0.1, 0.15) is 5.82 Å². The van der Waals surface area contributed by atoms with Crippen molar-refractivity contribution in [3.05, 3.63) is 23.9 Å². The highest BCUT2D eigenvalue weighted by atomic mass is 32.2. The van der Waals surface area contributed by atoms with Crippen LogP contribution < -0.4 is 4.90 Å². The Labute approximate surface area is 126 Å². The molecule has 2 heterocycles. The molecule has 1 N–H and O–H groups in total. The summed E-state index contributed by atoms with van der Waals surface area (Å²) in [5.41, 5.74) is -0.800. The molecule has 0 radical (unpaired) electrons. The molecule has 1 aliphatic heterocycles. The largest absolute Gasteiger partial charge is 0.417 e. The average molecular weight is 338 g/mol. The summed E-state index contributed by atoms with van der Waals surface area (Å²) in [4.78, 5) is 5.67. The van der Waals surface area contributed by atoms with Crippen LogP contribution in [0.2, 0.25) is 0 Å². The fourth-order valence-corrected chi connectivity index (χ4v) is 3.70. The lowest BCUT2D eigenvalue weighted by Gasteiger charge is -2.37. The molecule has 22 heavy (non-hydrogen) atoms. The Morgan fingerprint density at radius 3 is 2.55 bits per heavy atom. The summed E-state index contributed by atoms with van der Waals surface area (Å²) in [6, 6.07) is 2.30. The van der Waals surface area contributed by atoms with Gasteiger partial charge in [-0.2, -0.15) is 21.6 Å². The van der Waals surface area contributed by atoms with Gasteiger partial charge in [-0.25, -0.2) is 4.98 Å². The molecule has 1 aromatic rings. The van der Waals surface area contributed by atoms with Gasteiger partial charge < -0.3 is 4.90 Å². The van der Waals surface area contributed by atoms with E-state index < -0.39 is 21.9 Å². The van der Waals surface area contributed by atoms with Crippen LogP contribution in [0.15, 0.2) is 18.3 Å². The van der Waals surface area contributed by atoms with Crippen molar-refractivity contribution in [3.8, 4) is 0 Å². The number of hydrogen-bond donors (Lipinski definition) is 1. The van der Waals surface area contributed by atoms with E-state index in [-0.39, 0.29) is 17.6 Å². The Hall–Kier alpha value is -1.35. The van der Waals surface area contributed by atoms with Crippen molar-refractivity contribution < 1.29 is 26.1 Å². The van der Waals surface area contributed by atoms with E-state index in [4.69, 9.17) is 4.55 Å². The zero-order valence-corrected chi connectivity index (χ0v) is 12.7. The van der Waals surface area contributed by atoms with E-state index in [1.165, 1.54) is 6.07 Å². The topological polar surface area (TPSA) is 70.5 Å². The van der Waals surface area contributed by atoms with Gasteiger partial charge in [0, 0.05) is 19.3 Å². The molecule has 9 heteroatoms. The number of piperidine rings is 1. The second kappa shape index (κ2) is 6.04. The number of anilines is 1. The lowest BCUT2D eigenvalue weighted by Crippen LogP contribution is -2.42. The van der Waals surface area contributed by atoms with E-state index in [9.17, 15) is 21.6 Å². The number of rotatable bonds is 3. The Balaban J connectivity index is 2.04. The lowest BCUT2D eigenvalue weighted by molar-refractivity contribution is -0.137. The minimum atomic E-state index is -4.42. The number of aromatic nitrogens is 1. The van der Waals surface area contributed by atoms with E-state index in [1.807, 2.05) is 11.8 Å². The highest BCUT2D eigenvalue weighted by molar-refractivity contribution is 7.85. The second-order valence-corrected chi connectivity index (χ2v) is 7.12. The third kappa shape index (κ3) is 4.33. The van der Waals surface area contributed by atoms with Gasteiger partial charge in [-0.3, -0.25) is 4.55 Å². The first kappa shape index (κ1) is 17.0. The standard InChI is InChI=1S/C13H17F3N2O3S/c1-9-7-18(5-4-10(9)8-22(19,20)21)12-3-2-11(6-17-12)13(14,15)16/h2-3,6,9-10H,4-5,7-8H2,1H3,(H,19,20,21)/t9-,10+/m1/s1. The lowest BCUT2D eigenvalue weighted by atomic mass is 9.88. The van der Waals surface area contributed by atoms with Crippen LogP contribution in [0.25, 0.3) is 0 Å². The third-order valence-corrected chi connectivity index (χ3v) is 4.76. The number of nitrogens with zero attached hydrogens (tertiary/aromatic N) is 2. The van der Waals surface area contributed by atoms with Crippen molar-refractivity contribution in [2.24, 2.45) is 11.8 Å². The summed E-state index contributed by atoms with van der Waals surface area (Å²) >= 11 is 0. The smallest absolute Gasteiger partial charge is 0.356 e. The molecule has 0 amide bonds. The highest BCUT2D eigenvalue weighted by Gasteiger charge is 2.32. The summed E-state index contributed by atoms with van der Waals surface area (Å²) in [6.07, 6.45) is -3.09. The molecule has 0 saturated carbocycles. The van der Waals surface area contributed by atoms with Crippen LogP contribution in [0, 0.1) is 11.8 Å². The molecule has 1 fully saturated rings. The van der Waals surface area contributed by atoms with Crippen LogP contribution in [0.3, 0.4) is 0 Å².